The Labute approximate surface area is 170 Å². The van der Waals surface area contributed by atoms with E-state index in [1.54, 1.807) is 25.1 Å². The van der Waals surface area contributed by atoms with Crippen LogP contribution in [0.15, 0.2) is 53.9 Å². The lowest BCUT2D eigenvalue weighted by Gasteiger charge is -2.32. The van der Waals surface area contributed by atoms with E-state index >= 15 is 0 Å². The van der Waals surface area contributed by atoms with E-state index in [2.05, 4.69) is 5.32 Å². The maximum atomic E-state index is 13.6. The van der Waals surface area contributed by atoms with Crippen LogP contribution in [0.25, 0.3) is 6.08 Å². The minimum absolute atomic E-state index is 0.128. The second-order valence-electron chi connectivity index (χ2n) is 6.95. The molecule has 1 saturated heterocycles. The Morgan fingerprint density at radius 2 is 1.79 bits per heavy atom. The number of sulfonamides is 1. The van der Waals surface area contributed by atoms with E-state index in [1.165, 1.54) is 15.8 Å². The summed E-state index contributed by atoms with van der Waals surface area (Å²) in [5.41, 5.74) is 1.74. The third kappa shape index (κ3) is 5.96. The second-order valence-corrected chi connectivity index (χ2v) is 8.76. The number of carbonyl (C=O) groups excluding carboxylic acids is 1. The molecule has 154 valence electrons. The first-order chi connectivity index (χ1) is 13.8. The molecule has 1 aliphatic heterocycles. The predicted molar refractivity (Wildman–Crippen MR) is 112 cm³/mol. The molecule has 2 aromatic carbocycles. The summed E-state index contributed by atoms with van der Waals surface area (Å²) in [6.45, 7) is 3.32. The Morgan fingerprint density at radius 3 is 2.45 bits per heavy atom. The van der Waals surface area contributed by atoms with Crippen molar-refractivity contribution < 1.29 is 17.6 Å². The molecule has 0 spiro atoms. The van der Waals surface area contributed by atoms with E-state index in [0.717, 1.165) is 5.56 Å². The van der Waals surface area contributed by atoms with Crippen LogP contribution in [0.5, 0.6) is 0 Å². The molecule has 0 aliphatic carbocycles. The molecule has 0 bridgehead atoms. The van der Waals surface area contributed by atoms with Crippen molar-refractivity contribution in [2.24, 2.45) is 0 Å². The standard InChI is InChI=1S/C21H24FN3O3S/c1-17-7-8-19(15-20(17)22)23-21(26)16-24-10-12-25(13-11-24)29(27,28)14-9-18-5-3-2-4-6-18/h2-9,14-15H,10-13,16H2,1H3,(H,23,26)/b14-9+. The van der Waals surface area contributed by atoms with Gasteiger partial charge in [-0.15, -0.1) is 0 Å². The molecule has 0 saturated carbocycles. The number of nitrogens with zero attached hydrogens (tertiary/aromatic N) is 2. The molecule has 1 amide bonds. The van der Waals surface area contributed by atoms with Crippen LogP contribution in [0.3, 0.4) is 0 Å². The summed E-state index contributed by atoms with van der Waals surface area (Å²) in [6, 6.07) is 13.8. The molecule has 1 heterocycles. The molecule has 0 radical (unpaired) electrons. The zero-order valence-corrected chi connectivity index (χ0v) is 17.0. The first-order valence-corrected chi connectivity index (χ1v) is 10.9. The number of rotatable bonds is 6. The van der Waals surface area contributed by atoms with Gasteiger partial charge in [-0.3, -0.25) is 9.69 Å². The molecular weight excluding hydrogens is 393 g/mol. The fourth-order valence-corrected chi connectivity index (χ4v) is 4.20. The van der Waals surface area contributed by atoms with Gasteiger partial charge in [0.25, 0.3) is 0 Å². The van der Waals surface area contributed by atoms with Crippen molar-refractivity contribution in [2.75, 3.05) is 38.0 Å². The third-order valence-electron chi connectivity index (χ3n) is 4.75. The van der Waals surface area contributed by atoms with E-state index in [0.29, 0.717) is 37.4 Å². The number of nitrogens with one attached hydrogen (secondary N) is 1. The number of amides is 1. The largest absolute Gasteiger partial charge is 0.325 e. The Balaban J connectivity index is 1.50. The van der Waals surface area contributed by atoms with Crippen LogP contribution in [0, 0.1) is 12.7 Å². The normalized spacial score (nSPS) is 16.2. The van der Waals surface area contributed by atoms with Gasteiger partial charge in [0.1, 0.15) is 5.82 Å². The topological polar surface area (TPSA) is 69.7 Å². The Morgan fingerprint density at radius 1 is 1.10 bits per heavy atom. The van der Waals surface area contributed by atoms with E-state index in [-0.39, 0.29) is 18.3 Å². The number of piperazine rings is 1. The Kier molecular flexibility index (Phi) is 6.79. The number of benzene rings is 2. The first-order valence-electron chi connectivity index (χ1n) is 9.35. The average Bonchev–Trinajstić information content (AvgIpc) is 2.70. The van der Waals surface area contributed by atoms with Crippen LogP contribution < -0.4 is 5.32 Å². The van der Waals surface area contributed by atoms with Crippen LogP contribution in [0.2, 0.25) is 0 Å². The van der Waals surface area contributed by atoms with Crippen LogP contribution in [0.4, 0.5) is 10.1 Å². The molecule has 0 aromatic heterocycles. The van der Waals surface area contributed by atoms with Crippen LogP contribution >= 0.6 is 0 Å². The van der Waals surface area contributed by atoms with E-state index in [4.69, 9.17) is 0 Å². The number of anilines is 1. The first kappa shape index (κ1) is 21.2. The van der Waals surface area contributed by atoms with E-state index in [1.807, 2.05) is 35.2 Å². The fourth-order valence-electron chi connectivity index (χ4n) is 3.03. The lowest BCUT2D eigenvalue weighted by Crippen LogP contribution is -2.49. The zero-order valence-electron chi connectivity index (χ0n) is 16.2. The van der Waals surface area contributed by atoms with Gasteiger partial charge in [-0.25, -0.2) is 12.8 Å². The van der Waals surface area contributed by atoms with Crippen molar-refractivity contribution in [3.8, 4) is 0 Å². The molecule has 29 heavy (non-hydrogen) atoms. The lowest BCUT2D eigenvalue weighted by atomic mass is 10.2. The molecular formula is C21H24FN3O3S. The molecule has 2 aromatic rings. The van der Waals surface area contributed by atoms with Crippen LogP contribution in [0.1, 0.15) is 11.1 Å². The summed E-state index contributed by atoms with van der Waals surface area (Å²) in [4.78, 5) is 14.1. The van der Waals surface area contributed by atoms with Crippen molar-refractivity contribution in [1.82, 2.24) is 9.21 Å². The van der Waals surface area contributed by atoms with Crippen molar-refractivity contribution >= 4 is 27.7 Å². The molecule has 3 rings (SSSR count). The second kappa shape index (κ2) is 9.30. The van der Waals surface area contributed by atoms with Gasteiger partial charge in [-0.05, 0) is 36.3 Å². The number of hydrogen-bond donors (Lipinski definition) is 1. The average molecular weight is 418 g/mol. The highest BCUT2D eigenvalue weighted by molar-refractivity contribution is 7.92. The van der Waals surface area contributed by atoms with E-state index in [9.17, 15) is 17.6 Å². The smallest absolute Gasteiger partial charge is 0.238 e. The van der Waals surface area contributed by atoms with Gasteiger partial charge < -0.3 is 5.32 Å². The maximum Gasteiger partial charge on any atom is 0.238 e. The highest BCUT2D eigenvalue weighted by atomic mass is 32.2. The summed E-state index contributed by atoms with van der Waals surface area (Å²) < 4.78 is 40.0. The minimum Gasteiger partial charge on any atom is -0.325 e. The van der Waals surface area contributed by atoms with Gasteiger partial charge >= 0.3 is 0 Å². The van der Waals surface area contributed by atoms with Gasteiger partial charge in [0.05, 0.1) is 6.54 Å². The highest BCUT2D eigenvalue weighted by Gasteiger charge is 2.25. The summed E-state index contributed by atoms with van der Waals surface area (Å²) in [7, 11) is -3.51. The maximum absolute atomic E-state index is 13.6. The van der Waals surface area contributed by atoms with Crippen molar-refractivity contribution in [3.63, 3.8) is 0 Å². The number of halogens is 1. The summed E-state index contributed by atoms with van der Waals surface area (Å²) in [5.74, 6) is -0.626. The van der Waals surface area contributed by atoms with E-state index < -0.39 is 10.0 Å². The van der Waals surface area contributed by atoms with Crippen LogP contribution in [-0.2, 0) is 14.8 Å². The van der Waals surface area contributed by atoms with Crippen molar-refractivity contribution in [1.29, 1.82) is 0 Å². The number of aryl methyl sites for hydroxylation is 1. The van der Waals surface area contributed by atoms with Crippen molar-refractivity contribution in [3.05, 3.63) is 70.9 Å². The fraction of sp³-hybridized carbons (Fsp3) is 0.286. The Bertz CT molecular complexity index is 985. The van der Waals surface area contributed by atoms with Gasteiger partial charge in [0.2, 0.25) is 15.9 Å². The molecule has 8 heteroatoms. The highest BCUT2D eigenvalue weighted by Crippen LogP contribution is 2.14. The molecule has 0 unspecified atom stereocenters. The molecule has 1 aliphatic rings. The van der Waals surface area contributed by atoms with Gasteiger partial charge in [-0.1, -0.05) is 36.4 Å². The lowest BCUT2D eigenvalue weighted by molar-refractivity contribution is -0.117. The minimum atomic E-state index is -3.51. The number of carbonyl (C=O) groups is 1. The molecule has 6 nitrogen and oxygen atoms in total. The summed E-state index contributed by atoms with van der Waals surface area (Å²) >= 11 is 0. The van der Waals surface area contributed by atoms with Gasteiger partial charge in [-0.2, -0.15) is 4.31 Å². The molecule has 1 fully saturated rings. The quantitative estimate of drug-likeness (QED) is 0.785. The third-order valence-corrected chi connectivity index (χ3v) is 6.31. The SMILES string of the molecule is Cc1ccc(NC(=O)CN2CCN(S(=O)(=O)/C=C/c3ccccc3)CC2)cc1F. The van der Waals surface area contributed by atoms with Gasteiger partial charge in [0.15, 0.2) is 0 Å². The molecule has 0 atom stereocenters. The monoisotopic (exact) mass is 417 g/mol. The van der Waals surface area contributed by atoms with Gasteiger partial charge in [0, 0.05) is 37.3 Å². The summed E-state index contributed by atoms with van der Waals surface area (Å²) in [6.07, 6.45) is 1.58. The Hall–Kier alpha value is -2.55. The summed E-state index contributed by atoms with van der Waals surface area (Å²) in [5, 5.41) is 3.89. The van der Waals surface area contributed by atoms with Crippen LogP contribution in [-0.4, -0.2) is 56.3 Å². The number of hydrogen-bond acceptors (Lipinski definition) is 4. The molecule has 1 N–H and O–H groups in total. The zero-order chi connectivity index (χ0) is 20.9. The van der Waals surface area contributed by atoms with Crippen molar-refractivity contribution in [2.45, 2.75) is 6.92 Å². The predicted octanol–water partition coefficient (Wildman–Crippen LogP) is 2.69.